The zero-order chi connectivity index (χ0) is 18.8. The Morgan fingerprint density at radius 2 is 2.11 bits per heavy atom. The average molecular weight is 367 g/mol. The molecule has 3 heterocycles. The first-order valence-electron chi connectivity index (χ1n) is 8.88. The van der Waals surface area contributed by atoms with Crippen LogP contribution in [0.25, 0.3) is 10.9 Å². The second-order valence-electron chi connectivity index (χ2n) is 6.62. The van der Waals surface area contributed by atoms with E-state index < -0.39 is 5.97 Å². The molecule has 0 bridgehead atoms. The molecular weight excluding hydrogens is 346 g/mol. The third kappa shape index (κ3) is 3.59. The molecular formula is C20H21N3O4. The second kappa shape index (κ2) is 7.28. The van der Waals surface area contributed by atoms with Crippen LogP contribution < -0.4 is 5.32 Å². The fourth-order valence-electron chi connectivity index (χ4n) is 3.51. The molecule has 0 radical (unpaired) electrons. The molecule has 0 spiro atoms. The summed E-state index contributed by atoms with van der Waals surface area (Å²) in [6, 6.07) is 11.5. The molecule has 140 valence electrons. The SMILES string of the molecule is COC(=O)c1ccc(CNC(=O)CN2CCc3c([nH]c4ccccc34)C2)o1. The monoisotopic (exact) mass is 367 g/mol. The molecule has 27 heavy (non-hydrogen) atoms. The summed E-state index contributed by atoms with van der Waals surface area (Å²) in [4.78, 5) is 29.2. The quantitative estimate of drug-likeness (QED) is 0.675. The number of amides is 1. The van der Waals surface area contributed by atoms with Gasteiger partial charge in [0.15, 0.2) is 0 Å². The number of hydrogen-bond acceptors (Lipinski definition) is 5. The lowest BCUT2D eigenvalue weighted by Gasteiger charge is -2.26. The number of carbonyl (C=O) groups is 2. The number of benzene rings is 1. The number of furan rings is 1. The third-order valence-electron chi connectivity index (χ3n) is 4.84. The molecule has 1 aliphatic heterocycles. The molecule has 1 aliphatic rings. The molecule has 0 saturated heterocycles. The summed E-state index contributed by atoms with van der Waals surface area (Å²) in [6.07, 6.45) is 0.924. The number of methoxy groups -OCH3 is 1. The van der Waals surface area contributed by atoms with E-state index in [1.165, 1.54) is 29.8 Å². The second-order valence-corrected chi connectivity index (χ2v) is 6.62. The summed E-state index contributed by atoms with van der Waals surface area (Å²) in [7, 11) is 1.30. The van der Waals surface area contributed by atoms with Crippen molar-refractivity contribution in [1.29, 1.82) is 0 Å². The van der Waals surface area contributed by atoms with Crippen LogP contribution in [0.4, 0.5) is 0 Å². The van der Waals surface area contributed by atoms with Crippen molar-refractivity contribution in [2.24, 2.45) is 0 Å². The summed E-state index contributed by atoms with van der Waals surface area (Å²) in [5.74, 6) is 0.0324. The predicted octanol–water partition coefficient (Wildman–Crippen LogP) is 2.22. The molecule has 2 N–H and O–H groups in total. The fourth-order valence-corrected chi connectivity index (χ4v) is 3.51. The van der Waals surface area contributed by atoms with Crippen molar-refractivity contribution in [2.75, 3.05) is 20.2 Å². The highest BCUT2D eigenvalue weighted by molar-refractivity contribution is 5.86. The van der Waals surface area contributed by atoms with Crippen molar-refractivity contribution in [3.8, 4) is 0 Å². The minimum Gasteiger partial charge on any atom is -0.463 e. The highest BCUT2D eigenvalue weighted by Crippen LogP contribution is 2.27. The Balaban J connectivity index is 1.32. The van der Waals surface area contributed by atoms with Crippen LogP contribution in [-0.4, -0.2) is 42.0 Å². The van der Waals surface area contributed by atoms with E-state index in [4.69, 9.17) is 4.42 Å². The number of ether oxygens (including phenoxy) is 1. The van der Waals surface area contributed by atoms with Crippen LogP contribution in [0.1, 0.15) is 27.6 Å². The summed E-state index contributed by atoms with van der Waals surface area (Å²) in [5, 5.41) is 4.10. The molecule has 7 nitrogen and oxygen atoms in total. The van der Waals surface area contributed by atoms with Crippen LogP contribution in [0, 0.1) is 0 Å². The minimum absolute atomic E-state index is 0.0782. The Morgan fingerprint density at radius 1 is 1.26 bits per heavy atom. The lowest BCUT2D eigenvalue weighted by Crippen LogP contribution is -2.39. The molecule has 2 aromatic heterocycles. The van der Waals surface area contributed by atoms with Gasteiger partial charge in [0.2, 0.25) is 11.7 Å². The van der Waals surface area contributed by atoms with Gasteiger partial charge in [0, 0.05) is 29.7 Å². The van der Waals surface area contributed by atoms with E-state index in [0.717, 1.165) is 25.0 Å². The number of aromatic amines is 1. The lowest BCUT2D eigenvalue weighted by atomic mass is 10.0. The van der Waals surface area contributed by atoms with Crippen molar-refractivity contribution in [3.05, 3.63) is 59.2 Å². The zero-order valence-electron chi connectivity index (χ0n) is 15.1. The first kappa shape index (κ1) is 17.4. The number of esters is 1. The normalized spacial score (nSPS) is 14.1. The van der Waals surface area contributed by atoms with Gasteiger partial charge in [-0.3, -0.25) is 9.69 Å². The molecule has 0 aliphatic carbocycles. The first-order chi connectivity index (χ1) is 13.1. The van der Waals surface area contributed by atoms with E-state index in [0.29, 0.717) is 12.3 Å². The van der Waals surface area contributed by atoms with Gasteiger partial charge in [-0.2, -0.15) is 0 Å². The summed E-state index contributed by atoms with van der Waals surface area (Å²) in [6.45, 7) is 2.13. The van der Waals surface area contributed by atoms with Crippen LogP contribution in [0.3, 0.4) is 0 Å². The van der Waals surface area contributed by atoms with Crippen molar-refractivity contribution < 1.29 is 18.7 Å². The van der Waals surface area contributed by atoms with E-state index in [2.05, 4.69) is 38.1 Å². The highest BCUT2D eigenvalue weighted by atomic mass is 16.5. The highest BCUT2D eigenvalue weighted by Gasteiger charge is 2.22. The van der Waals surface area contributed by atoms with Crippen molar-refractivity contribution >= 4 is 22.8 Å². The summed E-state index contributed by atoms with van der Waals surface area (Å²) in [5.41, 5.74) is 3.69. The standard InChI is InChI=1S/C20H21N3O4/c1-26-20(25)18-7-6-13(27-18)10-21-19(24)12-23-9-8-15-14-4-2-3-5-16(14)22-17(15)11-23/h2-7,22H,8-12H2,1H3,(H,21,24). The number of aromatic nitrogens is 1. The fraction of sp³-hybridized carbons (Fsp3) is 0.300. The number of fused-ring (bicyclic) bond motifs is 3. The topological polar surface area (TPSA) is 87.6 Å². The van der Waals surface area contributed by atoms with Gasteiger partial charge in [-0.25, -0.2) is 4.79 Å². The van der Waals surface area contributed by atoms with E-state index in [1.807, 2.05) is 6.07 Å². The minimum atomic E-state index is -0.532. The van der Waals surface area contributed by atoms with E-state index >= 15 is 0 Å². The Labute approximate surface area is 156 Å². The number of para-hydroxylation sites is 1. The van der Waals surface area contributed by atoms with Gasteiger partial charge in [0.25, 0.3) is 0 Å². The average Bonchev–Trinajstić information content (AvgIpc) is 3.30. The third-order valence-corrected chi connectivity index (χ3v) is 4.84. The molecule has 1 amide bonds. The number of H-pyrrole nitrogens is 1. The Hall–Kier alpha value is -3.06. The zero-order valence-corrected chi connectivity index (χ0v) is 15.1. The number of nitrogens with zero attached hydrogens (tertiary/aromatic N) is 1. The Bertz CT molecular complexity index is 988. The van der Waals surface area contributed by atoms with Crippen molar-refractivity contribution in [3.63, 3.8) is 0 Å². The van der Waals surface area contributed by atoms with Crippen molar-refractivity contribution in [1.82, 2.24) is 15.2 Å². The van der Waals surface area contributed by atoms with Crippen LogP contribution in [0.5, 0.6) is 0 Å². The smallest absolute Gasteiger partial charge is 0.373 e. The van der Waals surface area contributed by atoms with Crippen LogP contribution in [0.15, 0.2) is 40.8 Å². The van der Waals surface area contributed by atoms with Gasteiger partial charge in [0.05, 0.1) is 20.2 Å². The van der Waals surface area contributed by atoms with E-state index in [-0.39, 0.29) is 18.2 Å². The Morgan fingerprint density at radius 3 is 2.96 bits per heavy atom. The molecule has 1 aromatic carbocycles. The van der Waals surface area contributed by atoms with Gasteiger partial charge in [-0.1, -0.05) is 18.2 Å². The van der Waals surface area contributed by atoms with Crippen LogP contribution in [0.2, 0.25) is 0 Å². The van der Waals surface area contributed by atoms with Gasteiger partial charge in [-0.05, 0) is 30.2 Å². The number of rotatable bonds is 5. The van der Waals surface area contributed by atoms with Gasteiger partial charge >= 0.3 is 5.97 Å². The summed E-state index contributed by atoms with van der Waals surface area (Å²) < 4.78 is 9.95. The largest absolute Gasteiger partial charge is 0.463 e. The van der Waals surface area contributed by atoms with E-state index in [9.17, 15) is 9.59 Å². The van der Waals surface area contributed by atoms with Crippen LogP contribution in [-0.2, 0) is 29.0 Å². The van der Waals surface area contributed by atoms with Gasteiger partial charge < -0.3 is 19.5 Å². The maximum atomic E-state index is 12.3. The molecule has 7 heteroatoms. The molecule has 4 rings (SSSR count). The maximum absolute atomic E-state index is 12.3. The van der Waals surface area contributed by atoms with Gasteiger partial charge in [-0.15, -0.1) is 0 Å². The number of hydrogen-bond donors (Lipinski definition) is 2. The Kier molecular flexibility index (Phi) is 4.68. The first-order valence-corrected chi connectivity index (χ1v) is 8.88. The number of carbonyl (C=O) groups excluding carboxylic acids is 2. The molecule has 0 fully saturated rings. The van der Waals surface area contributed by atoms with Crippen molar-refractivity contribution in [2.45, 2.75) is 19.5 Å². The maximum Gasteiger partial charge on any atom is 0.373 e. The van der Waals surface area contributed by atoms with Crippen LogP contribution >= 0.6 is 0 Å². The predicted molar refractivity (Wildman–Crippen MR) is 99.2 cm³/mol. The summed E-state index contributed by atoms with van der Waals surface area (Å²) >= 11 is 0. The lowest BCUT2D eigenvalue weighted by molar-refractivity contribution is -0.122. The molecule has 0 saturated carbocycles. The van der Waals surface area contributed by atoms with E-state index in [1.54, 1.807) is 6.07 Å². The molecule has 3 aromatic rings. The van der Waals surface area contributed by atoms with Gasteiger partial charge in [0.1, 0.15) is 5.76 Å². The molecule has 0 atom stereocenters. The number of nitrogens with one attached hydrogen (secondary N) is 2. The molecule has 0 unspecified atom stereocenters.